The van der Waals surface area contributed by atoms with Crippen LogP contribution in [-0.2, 0) is 9.53 Å². The van der Waals surface area contributed by atoms with Gasteiger partial charge in [0.2, 0.25) is 5.91 Å². The van der Waals surface area contributed by atoms with Crippen molar-refractivity contribution < 1.29 is 9.53 Å². The van der Waals surface area contributed by atoms with Crippen molar-refractivity contribution >= 4 is 5.91 Å². The van der Waals surface area contributed by atoms with E-state index in [0.717, 1.165) is 39.0 Å². The molecular formula is C11H17NO2. The van der Waals surface area contributed by atoms with Crippen LogP contribution in [0, 0.1) is 5.92 Å². The first-order chi connectivity index (χ1) is 6.81. The third-order valence-corrected chi connectivity index (χ3v) is 2.92. The van der Waals surface area contributed by atoms with E-state index in [9.17, 15) is 4.79 Å². The van der Waals surface area contributed by atoms with Gasteiger partial charge in [-0.15, -0.1) is 0 Å². The zero-order chi connectivity index (χ0) is 9.97. The molecule has 1 atom stereocenters. The predicted molar refractivity (Wildman–Crippen MR) is 53.9 cm³/mol. The summed E-state index contributed by atoms with van der Waals surface area (Å²) in [5, 5.41) is 0. The first kappa shape index (κ1) is 9.71. The molecule has 2 rings (SSSR count). The maximum atomic E-state index is 11.5. The second-order valence-corrected chi connectivity index (χ2v) is 4.16. The Bertz CT molecular complexity index is 229. The molecule has 1 saturated carbocycles. The maximum Gasteiger partial charge on any atom is 0.246 e. The van der Waals surface area contributed by atoms with Crippen LogP contribution in [0.4, 0.5) is 0 Å². The summed E-state index contributed by atoms with van der Waals surface area (Å²) in [4.78, 5) is 13.5. The normalized spacial score (nSPS) is 26.1. The smallest absolute Gasteiger partial charge is 0.246 e. The Labute approximate surface area is 84.7 Å². The standard InChI is InChI=1S/C11H17NO2/c1-2-11(13)12(10-3-4-10)7-9-5-6-14-8-9/h2,9-10H,1,3-8H2. The SMILES string of the molecule is C=CC(=O)N(CC1CCOC1)C1CC1. The minimum atomic E-state index is 0.0828. The van der Waals surface area contributed by atoms with Gasteiger partial charge in [0.25, 0.3) is 0 Å². The summed E-state index contributed by atoms with van der Waals surface area (Å²) in [6.07, 6.45) is 4.84. The molecule has 1 saturated heterocycles. The van der Waals surface area contributed by atoms with E-state index < -0.39 is 0 Å². The number of carbonyl (C=O) groups is 1. The molecule has 0 aromatic carbocycles. The molecule has 14 heavy (non-hydrogen) atoms. The van der Waals surface area contributed by atoms with E-state index in [1.54, 1.807) is 0 Å². The van der Waals surface area contributed by atoms with Crippen molar-refractivity contribution in [3.8, 4) is 0 Å². The van der Waals surface area contributed by atoms with Gasteiger partial charge in [-0.1, -0.05) is 6.58 Å². The summed E-state index contributed by atoms with van der Waals surface area (Å²) in [6, 6.07) is 0.487. The second-order valence-electron chi connectivity index (χ2n) is 4.16. The number of rotatable bonds is 4. The van der Waals surface area contributed by atoms with Crippen LogP contribution in [-0.4, -0.2) is 36.6 Å². The molecule has 2 fully saturated rings. The summed E-state index contributed by atoms with van der Waals surface area (Å²) in [5.74, 6) is 0.624. The van der Waals surface area contributed by atoms with Crippen LogP contribution in [0.25, 0.3) is 0 Å². The average Bonchev–Trinajstić information content (AvgIpc) is 2.92. The molecule has 2 aliphatic rings. The number of hydrogen-bond donors (Lipinski definition) is 0. The second kappa shape index (κ2) is 4.13. The van der Waals surface area contributed by atoms with Crippen LogP contribution < -0.4 is 0 Å². The first-order valence-electron chi connectivity index (χ1n) is 5.32. The van der Waals surface area contributed by atoms with Crippen molar-refractivity contribution in [2.45, 2.75) is 25.3 Å². The van der Waals surface area contributed by atoms with E-state index in [-0.39, 0.29) is 5.91 Å². The molecule has 1 unspecified atom stereocenters. The Kier molecular flexibility index (Phi) is 2.87. The molecule has 0 aromatic rings. The van der Waals surface area contributed by atoms with Gasteiger partial charge in [0.15, 0.2) is 0 Å². The fourth-order valence-electron chi connectivity index (χ4n) is 1.93. The fraction of sp³-hybridized carbons (Fsp3) is 0.727. The maximum absolute atomic E-state index is 11.5. The molecule has 3 nitrogen and oxygen atoms in total. The lowest BCUT2D eigenvalue weighted by atomic mass is 10.1. The van der Waals surface area contributed by atoms with Gasteiger partial charge in [0.1, 0.15) is 0 Å². The fourth-order valence-corrected chi connectivity index (χ4v) is 1.93. The molecule has 0 radical (unpaired) electrons. The molecule has 0 aromatic heterocycles. The lowest BCUT2D eigenvalue weighted by Crippen LogP contribution is -2.36. The largest absolute Gasteiger partial charge is 0.381 e. The average molecular weight is 195 g/mol. The van der Waals surface area contributed by atoms with Crippen molar-refractivity contribution in [2.24, 2.45) is 5.92 Å². The summed E-state index contributed by atoms with van der Waals surface area (Å²) in [7, 11) is 0. The molecule has 1 aliphatic carbocycles. The molecule has 0 spiro atoms. The minimum absolute atomic E-state index is 0.0828. The van der Waals surface area contributed by atoms with Gasteiger partial charge in [-0.25, -0.2) is 0 Å². The van der Waals surface area contributed by atoms with Crippen molar-refractivity contribution in [1.29, 1.82) is 0 Å². The number of carbonyl (C=O) groups excluding carboxylic acids is 1. The molecule has 1 heterocycles. The molecule has 0 N–H and O–H groups in total. The lowest BCUT2D eigenvalue weighted by Gasteiger charge is -2.23. The van der Waals surface area contributed by atoms with E-state index in [2.05, 4.69) is 6.58 Å². The van der Waals surface area contributed by atoms with Crippen molar-refractivity contribution in [3.05, 3.63) is 12.7 Å². The molecule has 1 aliphatic heterocycles. The molecule has 0 bridgehead atoms. The lowest BCUT2D eigenvalue weighted by molar-refractivity contribution is -0.127. The summed E-state index contributed by atoms with van der Waals surface area (Å²) >= 11 is 0. The Morgan fingerprint density at radius 2 is 2.29 bits per heavy atom. The predicted octanol–water partition coefficient (Wildman–Crippen LogP) is 1.20. The number of nitrogens with zero attached hydrogens (tertiary/aromatic N) is 1. The highest BCUT2D eigenvalue weighted by Gasteiger charge is 2.33. The van der Waals surface area contributed by atoms with Gasteiger partial charge in [0, 0.05) is 25.1 Å². The zero-order valence-electron chi connectivity index (χ0n) is 8.45. The van der Waals surface area contributed by atoms with Crippen molar-refractivity contribution in [2.75, 3.05) is 19.8 Å². The van der Waals surface area contributed by atoms with Gasteiger partial charge < -0.3 is 9.64 Å². The minimum Gasteiger partial charge on any atom is -0.381 e. The van der Waals surface area contributed by atoms with E-state index in [1.165, 1.54) is 6.08 Å². The monoisotopic (exact) mass is 195 g/mol. The van der Waals surface area contributed by atoms with Gasteiger partial charge in [-0.3, -0.25) is 4.79 Å². The van der Waals surface area contributed by atoms with Crippen LogP contribution in [0.5, 0.6) is 0 Å². The molecule has 1 amide bonds. The zero-order valence-corrected chi connectivity index (χ0v) is 8.45. The number of amides is 1. The quantitative estimate of drug-likeness (QED) is 0.631. The number of ether oxygens (including phenoxy) is 1. The summed E-state index contributed by atoms with van der Waals surface area (Å²) < 4.78 is 5.31. The molecular weight excluding hydrogens is 178 g/mol. The van der Waals surface area contributed by atoms with Gasteiger partial charge >= 0.3 is 0 Å². The van der Waals surface area contributed by atoms with Crippen molar-refractivity contribution in [3.63, 3.8) is 0 Å². The van der Waals surface area contributed by atoms with Crippen LogP contribution in [0.1, 0.15) is 19.3 Å². The Balaban J connectivity index is 1.89. The van der Waals surface area contributed by atoms with Crippen LogP contribution in [0.2, 0.25) is 0 Å². The topological polar surface area (TPSA) is 29.5 Å². The highest BCUT2D eigenvalue weighted by Crippen LogP contribution is 2.29. The highest BCUT2D eigenvalue weighted by atomic mass is 16.5. The molecule has 3 heteroatoms. The van der Waals surface area contributed by atoms with Crippen molar-refractivity contribution in [1.82, 2.24) is 4.90 Å². The van der Waals surface area contributed by atoms with E-state index >= 15 is 0 Å². The Morgan fingerprint density at radius 1 is 1.50 bits per heavy atom. The van der Waals surface area contributed by atoms with Crippen LogP contribution >= 0.6 is 0 Å². The summed E-state index contributed by atoms with van der Waals surface area (Å²) in [5.41, 5.74) is 0. The van der Waals surface area contributed by atoms with E-state index in [0.29, 0.717) is 12.0 Å². The highest BCUT2D eigenvalue weighted by molar-refractivity contribution is 5.87. The summed E-state index contributed by atoms with van der Waals surface area (Å²) in [6.45, 7) is 6.07. The van der Waals surface area contributed by atoms with Gasteiger partial charge in [-0.05, 0) is 25.3 Å². The van der Waals surface area contributed by atoms with Gasteiger partial charge in [0.05, 0.1) is 6.61 Å². The Hall–Kier alpha value is -0.830. The third kappa shape index (κ3) is 2.15. The Morgan fingerprint density at radius 3 is 2.79 bits per heavy atom. The van der Waals surface area contributed by atoms with E-state index in [4.69, 9.17) is 4.74 Å². The molecule has 78 valence electrons. The third-order valence-electron chi connectivity index (χ3n) is 2.92. The number of hydrogen-bond acceptors (Lipinski definition) is 2. The van der Waals surface area contributed by atoms with Crippen LogP contribution in [0.3, 0.4) is 0 Å². The van der Waals surface area contributed by atoms with Gasteiger partial charge in [-0.2, -0.15) is 0 Å². The first-order valence-corrected chi connectivity index (χ1v) is 5.32. The van der Waals surface area contributed by atoms with E-state index in [1.807, 2.05) is 4.90 Å². The van der Waals surface area contributed by atoms with Crippen LogP contribution in [0.15, 0.2) is 12.7 Å².